The molecule has 0 fully saturated rings. The van der Waals surface area contributed by atoms with Crippen molar-refractivity contribution in [2.75, 3.05) is 69.6 Å². The molecule has 1 heterocycles. The van der Waals surface area contributed by atoms with Gasteiger partial charge in [-0.25, -0.2) is 14.3 Å². The third-order valence-corrected chi connectivity index (χ3v) is 12.0. The van der Waals surface area contributed by atoms with E-state index in [2.05, 4.69) is 97.4 Å². The van der Waals surface area contributed by atoms with Gasteiger partial charge < -0.3 is 56.1 Å². The number of alkyl carbamates (subject to hydrolysis) is 1. The normalized spacial score (nSPS) is 12.5. The Morgan fingerprint density at radius 1 is 0.768 bits per heavy atom. The first-order valence-corrected chi connectivity index (χ1v) is 25.6. The number of benzene rings is 1. The van der Waals surface area contributed by atoms with Gasteiger partial charge in [-0.05, 0) is 55.2 Å². The molecule has 0 saturated carbocycles. The van der Waals surface area contributed by atoms with Gasteiger partial charge >= 0.3 is 12.1 Å². The summed E-state index contributed by atoms with van der Waals surface area (Å²) in [6.45, 7) is 24.4. The fourth-order valence-electron chi connectivity index (χ4n) is 5.70. The molecule has 20 nitrogen and oxygen atoms in total. The van der Waals surface area contributed by atoms with Crippen molar-refractivity contribution >= 4 is 64.8 Å². The monoisotopic (exact) mass is 1010 g/mol. The van der Waals surface area contributed by atoms with Crippen LogP contribution in [0.5, 0.6) is 0 Å². The summed E-state index contributed by atoms with van der Waals surface area (Å²) in [7, 11) is 0. The van der Waals surface area contributed by atoms with Crippen molar-refractivity contribution in [1.82, 2.24) is 36.3 Å². The summed E-state index contributed by atoms with van der Waals surface area (Å²) >= 11 is 3.47. The number of hydrogen-bond acceptors (Lipinski definition) is 15. The largest absolute Gasteiger partial charge is 0.445 e. The zero-order valence-corrected chi connectivity index (χ0v) is 44.1. The van der Waals surface area contributed by atoms with Crippen molar-refractivity contribution in [2.24, 2.45) is 22.7 Å². The van der Waals surface area contributed by atoms with Crippen LogP contribution in [0.4, 0.5) is 15.3 Å². The van der Waals surface area contributed by atoms with Crippen LogP contribution in [-0.4, -0.2) is 136 Å². The van der Waals surface area contributed by atoms with Crippen LogP contribution in [0.1, 0.15) is 106 Å². The van der Waals surface area contributed by atoms with E-state index in [1.54, 1.807) is 58.7 Å². The number of aromatic nitrogens is 3. The summed E-state index contributed by atoms with van der Waals surface area (Å²) < 4.78 is 23.7. The molecule has 0 bridgehead atoms. The average molecular weight is 1010 g/mol. The van der Waals surface area contributed by atoms with E-state index in [0.29, 0.717) is 86.8 Å². The Morgan fingerprint density at radius 3 is 1.99 bits per heavy atom. The molecule has 0 aliphatic rings. The van der Waals surface area contributed by atoms with Crippen molar-refractivity contribution in [3.8, 4) is 0 Å². The van der Waals surface area contributed by atoms with E-state index >= 15 is 0 Å². The Bertz CT molecular complexity index is 1830. The highest BCUT2D eigenvalue weighted by Crippen LogP contribution is 2.27. The Kier molecular flexibility index (Phi) is 29.0. The van der Waals surface area contributed by atoms with Gasteiger partial charge in [0, 0.05) is 39.8 Å². The minimum atomic E-state index is -1.04. The molecule has 1 aromatic carbocycles. The summed E-state index contributed by atoms with van der Waals surface area (Å²) in [5, 5.41) is 26.0. The number of nitrogens with zero attached hydrogens (tertiary/aromatic N) is 4. The number of carbonyl (C=O) groups excluding carboxylic acids is 5. The van der Waals surface area contributed by atoms with E-state index in [0.717, 1.165) is 18.7 Å². The van der Waals surface area contributed by atoms with Crippen LogP contribution in [0.25, 0.3) is 0 Å². The number of rotatable bonds is 34. The Hall–Kier alpha value is -4.64. The minimum absolute atomic E-state index is 0.0154. The summed E-state index contributed by atoms with van der Waals surface area (Å²) in [6, 6.07) is 3.93. The van der Waals surface area contributed by atoms with E-state index in [9.17, 15) is 24.0 Å². The molecular formula is C47H80N10O10S2. The van der Waals surface area contributed by atoms with Crippen LogP contribution in [0, 0.1) is 11.8 Å². The lowest BCUT2D eigenvalue weighted by atomic mass is 10.0. The summed E-state index contributed by atoms with van der Waals surface area (Å²) in [6.07, 6.45) is 2.85. The molecule has 69 heavy (non-hydrogen) atoms. The molecule has 0 aliphatic carbocycles. The van der Waals surface area contributed by atoms with Gasteiger partial charge in [0.2, 0.25) is 11.8 Å². The van der Waals surface area contributed by atoms with Gasteiger partial charge in [0.05, 0.1) is 58.0 Å². The summed E-state index contributed by atoms with van der Waals surface area (Å²) in [5.41, 5.74) is 7.66. The van der Waals surface area contributed by atoms with Gasteiger partial charge in [0.25, 0.3) is 5.91 Å². The predicted octanol–water partition coefficient (Wildman–Crippen LogP) is 5.64. The zero-order chi connectivity index (χ0) is 51.2. The number of amides is 6. The number of anilines is 1. The number of primary amides is 1. The van der Waals surface area contributed by atoms with Crippen molar-refractivity contribution in [2.45, 2.75) is 136 Å². The molecule has 2 aromatic rings. The number of nitrogens with two attached hydrogens (primary N) is 1. The smallest absolute Gasteiger partial charge is 0.407 e. The van der Waals surface area contributed by atoms with Crippen molar-refractivity contribution in [3.05, 3.63) is 41.7 Å². The number of carbonyl (C=O) groups is 5. The molecule has 390 valence electrons. The SMILES string of the molecule is CC(C)CCOCCOCCOCCn1cc(CNC(=O)OCc2ccc(NC(=O)[C@H](CCCNC(N)=O)NC(=O)[C@H](CC(C)C)NC(=O)CON=C(CSC(C)(C)C)CSC(C)(C)C)cc2)nn1. The van der Waals surface area contributed by atoms with Gasteiger partial charge in [-0.1, -0.05) is 91.7 Å². The van der Waals surface area contributed by atoms with Crippen molar-refractivity contribution < 1.29 is 47.8 Å². The maximum atomic E-state index is 13.7. The van der Waals surface area contributed by atoms with Crippen LogP contribution in [-0.2, 0) is 57.9 Å². The highest BCUT2D eigenvalue weighted by atomic mass is 32.2. The molecule has 1 aromatic heterocycles. The van der Waals surface area contributed by atoms with Crippen molar-refractivity contribution in [3.63, 3.8) is 0 Å². The van der Waals surface area contributed by atoms with Crippen LogP contribution in [0.3, 0.4) is 0 Å². The molecule has 0 aliphatic heterocycles. The molecule has 2 rings (SSSR count). The van der Waals surface area contributed by atoms with Crippen LogP contribution in [0.15, 0.2) is 35.6 Å². The second-order valence-corrected chi connectivity index (χ2v) is 22.7. The third kappa shape index (κ3) is 31.3. The topological polar surface area (TPSA) is 261 Å². The number of hydrogen-bond donors (Lipinski definition) is 6. The Labute approximate surface area is 417 Å². The molecule has 0 radical (unpaired) electrons. The lowest BCUT2D eigenvalue weighted by Gasteiger charge is -2.24. The zero-order valence-electron chi connectivity index (χ0n) is 42.5. The molecule has 0 saturated heterocycles. The fraction of sp³-hybridized carbons (Fsp3) is 0.702. The second kappa shape index (κ2) is 33.0. The second-order valence-electron chi connectivity index (χ2n) is 19.1. The first kappa shape index (κ1) is 60.5. The van der Waals surface area contributed by atoms with Crippen molar-refractivity contribution in [1.29, 1.82) is 0 Å². The standard InChI is InChI=1S/C47H80N10O10S2/c1-33(2)17-20-63-22-24-65-25-23-64-21-19-57-28-37(54-56-57)27-50-45(62)66-29-35-13-15-36(16-14-35)51-42(59)39(12-11-18-49-44(48)61)53-43(60)40(26-34(3)4)52-41(58)30-67-55-38(31-68-46(5,6)7)32-69-47(8,9)10/h13-16,28,33-34,39-40H,11-12,17-27,29-32H2,1-10H3,(H,50,62)(H,51,59)(H,52,58)(H,53,60)(H3,48,49,61)/t39-,40-/m0/s1. The van der Waals surface area contributed by atoms with Crippen LogP contribution < -0.4 is 32.3 Å². The average Bonchev–Trinajstić information content (AvgIpc) is 3.72. The molecule has 6 amide bonds. The Balaban J connectivity index is 1.89. The highest BCUT2D eigenvalue weighted by Gasteiger charge is 2.28. The maximum absolute atomic E-state index is 13.7. The number of nitrogens with one attached hydrogen (secondary N) is 5. The molecule has 7 N–H and O–H groups in total. The first-order chi connectivity index (χ1) is 32.6. The number of oxime groups is 1. The van der Waals surface area contributed by atoms with Crippen LogP contribution in [0.2, 0.25) is 0 Å². The van der Waals surface area contributed by atoms with Crippen LogP contribution >= 0.6 is 23.5 Å². The first-order valence-electron chi connectivity index (χ1n) is 23.6. The molecular weight excluding hydrogens is 929 g/mol. The Morgan fingerprint density at radius 2 is 1.39 bits per heavy atom. The van der Waals surface area contributed by atoms with E-state index < -0.39 is 48.5 Å². The highest BCUT2D eigenvalue weighted by molar-refractivity contribution is 8.02. The minimum Gasteiger partial charge on any atom is -0.445 e. The summed E-state index contributed by atoms with van der Waals surface area (Å²) in [4.78, 5) is 69.8. The number of urea groups is 1. The van der Waals surface area contributed by atoms with E-state index in [-0.39, 0.29) is 41.5 Å². The molecule has 22 heteroatoms. The van der Waals surface area contributed by atoms with E-state index in [4.69, 9.17) is 29.5 Å². The third-order valence-electron chi connectivity index (χ3n) is 9.33. The number of thioether (sulfide) groups is 2. The molecule has 0 unspecified atom stereocenters. The predicted molar refractivity (Wildman–Crippen MR) is 272 cm³/mol. The lowest BCUT2D eigenvalue weighted by Crippen LogP contribution is -2.53. The molecule has 0 spiro atoms. The van der Waals surface area contributed by atoms with Gasteiger partial charge in [0.15, 0.2) is 6.61 Å². The van der Waals surface area contributed by atoms with Gasteiger partial charge in [-0.3, -0.25) is 14.4 Å². The number of ether oxygens (including phenoxy) is 4. The maximum Gasteiger partial charge on any atom is 0.407 e. The van der Waals surface area contributed by atoms with Gasteiger partial charge in [-0.15, -0.1) is 28.6 Å². The quantitative estimate of drug-likeness (QED) is 0.0282. The summed E-state index contributed by atoms with van der Waals surface area (Å²) in [5.74, 6) is 0.307. The lowest BCUT2D eigenvalue weighted by molar-refractivity contribution is -0.133. The molecule has 2 atom stereocenters. The fourth-order valence-corrected chi connectivity index (χ4v) is 7.34. The van der Waals surface area contributed by atoms with E-state index in [1.807, 2.05) is 13.8 Å². The van der Waals surface area contributed by atoms with Gasteiger partial charge in [-0.2, -0.15) is 0 Å². The van der Waals surface area contributed by atoms with E-state index in [1.165, 1.54) is 0 Å². The van der Waals surface area contributed by atoms with Gasteiger partial charge in [0.1, 0.15) is 24.4 Å².